The lowest BCUT2D eigenvalue weighted by atomic mass is 10.0. The molecule has 0 bridgehead atoms. The molecule has 2 aliphatic heterocycles. The van der Waals surface area contributed by atoms with Crippen molar-refractivity contribution in [3.05, 3.63) is 0 Å². The fraction of sp³-hybridized carbons (Fsp3) is 1.00. The summed E-state index contributed by atoms with van der Waals surface area (Å²) in [6, 6.07) is 1.47. The van der Waals surface area contributed by atoms with Crippen molar-refractivity contribution >= 4 is 0 Å². The van der Waals surface area contributed by atoms with E-state index in [4.69, 9.17) is 4.74 Å². The second kappa shape index (κ2) is 5.89. The molecule has 3 heteroatoms. The van der Waals surface area contributed by atoms with Gasteiger partial charge in [0.25, 0.3) is 0 Å². The third-order valence-electron chi connectivity index (χ3n) is 4.93. The monoisotopic (exact) mass is 252 g/mol. The van der Waals surface area contributed by atoms with Crippen LogP contribution >= 0.6 is 0 Å². The smallest absolute Gasteiger partial charge is 0.0587 e. The molecule has 0 aromatic rings. The van der Waals surface area contributed by atoms with Crippen molar-refractivity contribution < 1.29 is 4.74 Å². The highest BCUT2D eigenvalue weighted by atomic mass is 16.5. The van der Waals surface area contributed by atoms with Crippen LogP contribution in [0.2, 0.25) is 0 Å². The van der Waals surface area contributed by atoms with E-state index in [1.54, 1.807) is 0 Å². The summed E-state index contributed by atoms with van der Waals surface area (Å²) in [4.78, 5) is 2.69. The Balaban J connectivity index is 1.44. The number of nitrogens with zero attached hydrogens (tertiary/aromatic N) is 1. The molecule has 3 nitrogen and oxygen atoms in total. The Morgan fingerprint density at radius 3 is 2.83 bits per heavy atom. The average molecular weight is 252 g/mol. The predicted molar refractivity (Wildman–Crippen MR) is 73.8 cm³/mol. The lowest BCUT2D eigenvalue weighted by Crippen LogP contribution is -2.56. The minimum absolute atomic E-state index is 0.542. The Hall–Kier alpha value is -0.120. The van der Waals surface area contributed by atoms with Crippen LogP contribution in [0.3, 0.4) is 0 Å². The Bertz CT molecular complexity index is 261. The van der Waals surface area contributed by atoms with Crippen LogP contribution in [0.4, 0.5) is 0 Å². The third kappa shape index (κ3) is 3.25. The van der Waals surface area contributed by atoms with Gasteiger partial charge in [-0.05, 0) is 51.4 Å². The van der Waals surface area contributed by atoms with Gasteiger partial charge in [0.15, 0.2) is 0 Å². The normalized spacial score (nSPS) is 38.8. The second-order valence-corrected chi connectivity index (χ2v) is 6.47. The van der Waals surface area contributed by atoms with Crippen molar-refractivity contribution in [3.8, 4) is 0 Å². The summed E-state index contributed by atoms with van der Waals surface area (Å²) in [6.07, 6.45) is 8.60. The number of hydrogen-bond donors (Lipinski definition) is 1. The SMILES string of the molecule is CC1CNC(C2CC2)CN1CCC1CCCCO1. The van der Waals surface area contributed by atoms with Crippen molar-refractivity contribution in [2.75, 3.05) is 26.2 Å². The lowest BCUT2D eigenvalue weighted by molar-refractivity contribution is 0.000295. The minimum atomic E-state index is 0.542. The van der Waals surface area contributed by atoms with Crippen LogP contribution in [-0.4, -0.2) is 49.3 Å². The van der Waals surface area contributed by atoms with E-state index in [0.29, 0.717) is 12.1 Å². The molecule has 1 N–H and O–H groups in total. The molecule has 3 fully saturated rings. The van der Waals surface area contributed by atoms with Crippen LogP contribution < -0.4 is 5.32 Å². The molecule has 1 saturated carbocycles. The van der Waals surface area contributed by atoms with E-state index in [2.05, 4.69) is 17.1 Å². The van der Waals surface area contributed by atoms with Gasteiger partial charge >= 0.3 is 0 Å². The van der Waals surface area contributed by atoms with E-state index in [-0.39, 0.29) is 0 Å². The molecule has 1 aliphatic carbocycles. The first-order valence-corrected chi connectivity index (χ1v) is 7.92. The van der Waals surface area contributed by atoms with Crippen molar-refractivity contribution in [2.45, 2.75) is 63.6 Å². The topological polar surface area (TPSA) is 24.5 Å². The highest BCUT2D eigenvalue weighted by Gasteiger charge is 2.35. The summed E-state index contributed by atoms with van der Waals surface area (Å²) >= 11 is 0. The molecule has 0 spiro atoms. The highest BCUT2D eigenvalue weighted by molar-refractivity contribution is 4.93. The van der Waals surface area contributed by atoms with Crippen LogP contribution in [0.5, 0.6) is 0 Å². The lowest BCUT2D eigenvalue weighted by Gasteiger charge is -2.39. The predicted octanol–water partition coefficient (Wildman–Crippen LogP) is 2.02. The van der Waals surface area contributed by atoms with Gasteiger partial charge in [0.2, 0.25) is 0 Å². The van der Waals surface area contributed by atoms with Gasteiger partial charge in [0, 0.05) is 38.3 Å². The molecule has 2 saturated heterocycles. The van der Waals surface area contributed by atoms with Gasteiger partial charge in [0.05, 0.1) is 6.10 Å². The van der Waals surface area contributed by atoms with Gasteiger partial charge in [-0.25, -0.2) is 0 Å². The molecule has 0 aromatic heterocycles. The molecule has 0 aromatic carbocycles. The van der Waals surface area contributed by atoms with Crippen LogP contribution in [0, 0.1) is 5.92 Å². The molecule has 3 aliphatic rings. The summed E-state index contributed by atoms with van der Waals surface area (Å²) in [5.41, 5.74) is 0. The zero-order chi connectivity index (χ0) is 12.4. The summed E-state index contributed by atoms with van der Waals surface area (Å²) < 4.78 is 5.85. The van der Waals surface area contributed by atoms with Crippen LogP contribution in [-0.2, 0) is 4.74 Å². The Morgan fingerprint density at radius 2 is 2.11 bits per heavy atom. The maximum absolute atomic E-state index is 5.85. The number of nitrogens with one attached hydrogen (secondary N) is 1. The molecule has 3 unspecified atom stereocenters. The van der Waals surface area contributed by atoms with E-state index < -0.39 is 0 Å². The molecule has 2 heterocycles. The van der Waals surface area contributed by atoms with Gasteiger partial charge in [-0.1, -0.05) is 0 Å². The van der Waals surface area contributed by atoms with Gasteiger partial charge in [-0.2, -0.15) is 0 Å². The van der Waals surface area contributed by atoms with Crippen LogP contribution in [0.1, 0.15) is 45.4 Å². The molecule has 0 amide bonds. The van der Waals surface area contributed by atoms with Gasteiger partial charge in [0.1, 0.15) is 0 Å². The molecule has 3 atom stereocenters. The van der Waals surface area contributed by atoms with Crippen LogP contribution in [0.25, 0.3) is 0 Å². The molecule has 0 radical (unpaired) electrons. The highest BCUT2D eigenvalue weighted by Crippen LogP contribution is 2.34. The van der Waals surface area contributed by atoms with Gasteiger partial charge in [-0.15, -0.1) is 0 Å². The van der Waals surface area contributed by atoms with Crippen molar-refractivity contribution in [2.24, 2.45) is 5.92 Å². The molecule has 18 heavy (non-hydrogen) atoms. The number of hydrogen-bond acceptors (Lipinski definition) is 3. The third-order valence-corrected chi connectivity index (χ3v) is 4.93. The second-order valence-electron chi connectivity index (χ2n) is 6.47. The van der Waals surface area contributed by atoms with E-state index in [1.165, 1.54) is 58.2 Å². The first-order valence-electron chi connectivity index (χ1n) is 7.92. The van der Waals surface area contributed by atoms with E-state index in [0.717, 1.165) is 18.6 Å². The Morgan fingerprint density at radius 1 is 1.22 bits per heavy atom. The van der Waals surface area contributed by atoms with Crippen molar-refractivity contribution in [1.29, 1.82) is 0 Å². The Labute approximate surface area is 111 Å². The maximum Gasteiger partial charge on any atom is 0.0587 e. The number of ether oxygens (including phenoxy) is 1. The first-order chi connectivity index (χ1) is 8.83. The quantitative estimate of drug-likeness (QED) is 0.828. The van der Waals surface area contributed by atoms with Gasteiger partial charge in [-0.3, -0.25) is 4.90 Å². The summed E-state index contributed by atoms with van der Waals surface area (Å²) in [7, 11) is 0. The van der Waals surface area contributed by atoms with Gasteiger partial charge < -0.3 is 10.1 Å². The first kappa shape index (κ1) is 12.9. The van der Waals surface area contributed by atoms with E-state index in [1.807, 2.05) is 0 Å². The molecular formula is C15H28N2O. The Kier molecular flexibility index (Phi) is 4.22. The van der Waals surface area contributed by atoms with Crippen molar-refractivity contribution in [1.82, 2.24) is 10.2 Å². The standard InChI is InChI=1S/C15H28N2O/c1-12-10-16-15(13-5-6-13)11-17(12)8-7-14-4-2-3-9-18-14/h12-16H,2-11H2,1H3. The maximum atomic E-state index is 5.85. The fourth-order valence-electron chi connectivity index (χ4n) is 3.42. The molecule has 104 valence electrons. The summed E-state index contributed by atoms with van der Waals surface area (Å²) in [5, 5.41) is 3.73. The fourth-order valence-corrected chi connectivity index (χ4v) is 3.42. The molecule has 3 rings (SSSR count). The zero-order valence-corrected chi connectivity index (χ0v) is 11.7. The zero-order valence-electron chi connectivity index (χ0n) is 11.7. The largest absolute Gasteiger partial charge is 0.378 e. The number of rotatable bonds is 4. The summed E-state index contributed by atoms with van der Waals surface area (Å²) in [6.45, 7) is 7.02. The number of piperazine rings is 1. The van der Waals surface area contributed by atoms with Crippen molar-refractivity contribution in [3.63, 3.8) is 0 Å². The van der Waals surface area contributed by atoms with E-state index >= 15 is 0 Å². The molecular weight excluding hydrogens is 224 g/mol. The van der Waals surface area contributed by atoms with E-state index in [9.17, 15) is 0 Å². The van der Waals surface area contributed by atoms with Crippen LogP contribution in [0.15, 0.2) is 0 Å². The average Bonchev–Trinajstić information content (AvgIpc) is 3.23. The summed E-state index contributed by atoms with van der Waals surface area (Å²) in [5.74, 6) is 0.978. The minimum Gasteiger partial charge on any atom is -0.378 e.